The lowest BCUT2D eigenvalue weighted by atomic mass is 10.1. The van der Waals surface area contributed by atoms with Crippen molar-refractivity contribution in [1.82, 2.24) is 14.8 Å². The van der Waals surface area contributed by atoms with Gasteiger partial charge in [-0.15, -0.1) is 0 Å². The summed E-state index contributed by atoms with van der Waals surface area (Å²) in [4.78, 5) is 8.89. The fourth-order valence-corrected chi connectivity index (χ4v) is 5.98. The third-order valence-electron chi connectivity index (χ3n) is 7.06. The zero-order valence-corrected chi connectivity index (χ0v) is 25.2. The summed E-state index contributed by atoms with van der Waals surface area (Å²) in [6.07, 6.45) is 2.40. The summed E-state index contributed by atoms with van der Waals surface area (Å²) in [5.41, 5.74) is 0.510. The van der Waals surface area contributed by atoms with Crippen molar-refractivity contribution in [3.05, 3.63) is 77.5 Å². The molecule has 0 bridgehead atoms. The van der Waals surface area contributed by atoms with Crippen LogP contribution in [0, 0.1) is 11.6 Å². The van der Waals surface area contributed by atoms with E-state index in [9.17, 15) is 12.8 Å². The second-order valence-corrected chi connectivity index (χ2v) is 12.2. The fraction of sp³-hybridized carbons (Fsp3) is 0.300. The van der Waals surface area contributed by atoms with Crippen LogP contribution in [0.2, 0.25) is 5.02 Å². The number of likely N-dealkylation sites (N-methyl/N-ethyl adjacent to an activating group) is 1. The molecule has 0 aliphatic carbocycles. The number of sulfonamides is 1. The van der Waals surface area contributed by atoms with Gasteiger partial charge in [0.25, 0.3) is 10.0 Å². The van der Waals surface area contributed by atoms with E-state index in [-0.39, 0.29) is 21.4 Å². The van der Waals surface area contributed by atoms with Crippen molar-refractivity contribution < 1.29 is 31.4 Å². The number of halogens is 3. The zero-order chi connectivity index (χ0) is 30.6. The number of ether oxygens (including phenoxy) is 3. The van der Waals surface area contributed by atoms with Gasteiger partial charge in [0.2, 0.25) is 0 Å². The minimum Gasteiger partial charge on any atom is -0.493 e. The maximum Gasteiger partial charge on any atom is 0.261 e. The smallest absolute Gasteiger partial charge is 0.261 e. The summed E-state index contributed by atoms with van der Waals surface area (Å²) in [5.74, 6) is -0.356. The molecule has 13 heteroatoms. The second-order valence-electron chi connectivity index (χ2n) is 10.1. The van der Waals surface area contributed by atoms with E-state index in [1.165, 1.54) is 25.4 Å². The minimum absolute atomic E-state index is 0.0547. The molecule has 4 aromatic rings. The average Bonchev–Trinajstić information content (AvgIpc) is 2.98. The van der Waals surface area contributed by atoms with Gasteiger partial charge in [-0.2, -0.15) is 0 Å². The minimum atomic E-state index is -4.14. The molecule has 1 aliphatic heterocycles. The molecule has 0 amide bonds. The van der Waals surface area contributed by atoms with E-state index in [1.54, 1.807) is 18.2 Å². The predicted octanol–water partition coefficient (Wildman–Crippen LogP) is 5.78. The standard InChI is InChI=1S/C30H31ClF2N4O5S/c1-36-11-13-37(14-12-36)10-3-15-41-30-19-26-22(18-29(30)40-2)27(8-9-34-26)42-28-7-4-20(16-25(28)33)35-43(38,39)21-5-6-24(32)23(31)17-21/h4-9,16-19,35H,3,10-15H2,1-2H3. The molecule has 1 aliphatic rings. The Morgan fingerprint density at radius 2 is 1.72 bits per heavy atom. The van der Waals surface area contributed by atoms with Crippen molar-refractivity contribution in [1.29, 1.82) is 0 Å². The van der Waals surface area contributed by atoms with E-state index in [0.717, 1.165) is 63.4 Å². The largest absolute Gasteiger partial charge is 0.493 e. The fourth-order valence-electron chi connectivity index (χ4n) is 4.66. The summed E-state index contributed by atoms with van der Waals surface area (Å²) in [7, 11) is -0.478. The Labute approximate surface area is 254 Å². The molecular formula is C30H31ClF2N4O5S. The van der Waals surface area contributed by atoms with Crippen LogP contribution in [0.5, 0.6) is 23.0 Å². The lowest BCUT2D eigenvalue weighted by molar-refractivity contribution is 0.145. The summed E-state index contributed by atoms with van der Waals surface area (Å²) in [6, 6.07) is 11.7. The van der Waals surface area contributed by atoms with Crippen LogP contribution >= 0.6 is 11.6 Å². The molecule has 1 saturated heterocycles. The number of methoxy groups -OCH3 is 1. The number of rotatable bonds is 11. The predicted molar refractivity (Wildman–Crippen MR) is 161 cm³/mol. The molecule has 9 nitrogen and oxygen atoms in total. The number of nitrogens with one attached hydrogen (secondary N) is 1. The number of piperazine rings is 1. The lowest BCUT2D eigenvalue weighted by Gasteiger charge is -2.32. The molecule has 0 saturated carbocycles. The maximum atomic E-state index is 15.1. The van der Waals surface area contributed by atoms with Crippen LogP contribution in [-0.4, -0.2) is 76.7 Å². The Balaban J connectivity index is 1.28. The highest BCUT2D eigenvalue weighted by molar-refractivity contribution is 7.92. The third kappa shape index (κ3) is 7.45. The molecule has 1 fully saturated rings. The lowest BCUT2D eigenvalue weighted by Crippen LogP contribution is -2.44. The first kappa shape index (κ1) is 30.7. The number of anilines is 1. The van der Waals surface area contributed by atoms with Crippen LogP contribution in [0.15, 0.2) is 65.7 Å². The van der Waals surface area contributed by atoms with Gasteiger partial charge >= 0.3 is 0 Å². The molecule has 1 aromatic heterocycles. The Bertz CT molecular complexity index is 1720. The van der Waals surface area contributed by atoms with Gasteiger partial charge in [0.15, 0.2) is 23.1 Å². The first-order valence-corrected chi connectivity index (χ1v) is 15.4. The maximum absolute atomic E-state index is 15.1. The topological polar surface area (TPSA) is 93.2 Å². The zero-order valence-electron chi connectivity index (χ0n) is 23.6. The van der Waals surface area contributed by atoms with E-state index >= 15 is 4.39 Å². The third-order valence-corrected chi connectivity index (χ3v) is 8.73. The van der Waals surface area contributed by atoms with Gasteiger partial charge in [-0.1, -0.05) is 11.6 Å². The van der Waals surface area contributed by atoms with Crippen LogP contribution in [0.4, 0.5) is 14.5 Å². The quantitative estimate of drug-likeness (QED) is 0.208. The van der Waals surface area contributed by atoms with E-state index in [4.69, 9.17) is 25.8 Å². The number of nitrogens with zero attached hydrogens (tertiary/aromatic N) is 3. The van der Waals surface area contributed by atoms with Crippen molar-refractivity contribution in [2.45, 2.75) is 11.3 Å². The van der Waals surface area contributed by atoms with Crippen molar-refractivity contribution in [2.24, 2.45) is 0 Å². The van der Waals surface area contributed by atoms with Gasteiger partial charge in [0, 0.05) is 56.4 Å². The van der Waals surface area contributed by atoms with E-state index in [1.807, 2.05) is 0 Å². The van der Waals surface area contributed by atoms with Gasteiger partial charge < -0.3 is 24.0 Å². The van der Waals surface area contributed by atoms with Crippen molar-refractivity contribution in [2.75, 3.05) is 58.2 Å². The van der Waals surface area contributed by atoms with Crippen molar-refractivity contribution in [3.8, 4) is 23.0 Å². The molecule has 0 unspecified atom stereocenters. The Morgan fingerprint density at radius 1 is 0.930 bits per heavy atom. The van der Waals surface area contributed by atoms with Gasteiger partial charge in [-0.25, -0.2) is 17.2 Å². The van der Waals surface area contributed by atoms with Crippen LogP contribution < -0.4 is 18.9 Å². The first-order valence-electron chi connectivity index (χ1n) is 13.6. The first-order chi connectivity index (χ1) is 20.6. The number of aromatic nitrogens is 1. The van der Waals surface area contributed by atoms with Crippen LogP contribution in [-0.2, 0) is 10.0 Å². The molecule has 0 spiro atoms. The molecule has 0 atom stereocenters. The number of fused-ring (bicyclic) bond motifs is 1. The average molecular weight is 633 g/mol. The number of benzene rings is 3. The van der Waals surface area contributed by atoms with Crippen LogP contribution in [0.25, 0.3) is 10.9 Å². The van der Waals surface area contributed by atoms with Gasteiger partial charge in [0.1, 0.15) is 11.6 Å². The Kier molecular flexibility index (Phi) is 9.50. The monoisotopic (exact) mass is 632 g/mol. The highest BCUT2D eigenvalue weighted by Crippen LogP contribution is 2.38. The molecular weight excluding hydrogens is 602 g/mol. The number of hydrogen-bond donors (Lipinski definition) is 1. The molecule has 228 valence electrons. The number of hydrogen-bond acceptors (Lipinski definition) is 8. The highest BCUT2D eigenvalue weighted by atomic mass is 35.5. The van der Waals surface area contributed by atoms with Crippen molar-refractivity contribution in [3.63, 3.8) is 0 Å². The SMILES string of the molecule is COc1cc2c(Oc3ccc(NS(=O)(=O)c4ccc(F)c(Cl)c4)cc3F)ccnc2cc1OCCCN1CCN(C)CC1. The van der Waals surface area contributed by atoms with Gasteiger partial charge in [0.05, 0.1) is 34.8 Å². The number of pyridine rings is 1. The molecule has 0 radical (unpaired) electrons. The van der Waals surface area contributed by atoms with Gasteiger partial charge in [-0.05, 0) is 55.9 Å². The van der Waals surface area contributed by atoms with E-state index < -0.39 is 21.7 Å². The Hall–Kier alpha value is -3.71. The van der Waals surface area contributed by atoms with Crippen molar-refractivity contribution >= 4 is 38.2 Å². The molecule has 2 heterocycles. The second kappa shape index (κ2) is 13.3. The Morgan fingerprint density at radius 3 is 2.44 bits per heavy atom. The van der Waals surface area contributed by atoms with Gasteiger partial charge in [-0.3, -0.25) is 9.71 Å². The van der Waals surface area contributed by atoms with Crippen LogP contribution in [0.3, 0.4) is 0 Å². The summed E-state index contributed by atoms with van der Waals surface area (Å²) in [5, 5.41) is 0.223. The summed E-state index contributed by atoms with van der Waals surface area (Å²) >= 11 is 5.71. The summed E-state index contributed by atoms with van der Waals surface area (Å²) in [6.45, 7) is 5.69. The molecule has 3 aromatic carbocycles. The molecule has 43 heavy (non-hydrogen) atoms. The summed E-state index contributed by atoms with van der Waals surface area (Å²) < 4.78 is 73.6. The van der Waals surface area contributed by atoms with Crippen LogP contribution in [0.1, 0.15) is 6.42 Å². The molecule has 5 rings (SSSR count). The highest BCUT2D eigenvalue weighted by Gasteiger charge is 2.19. The molecule has 1 N–H and O–H groups in total. The van der Waals surface area contributed by atoms with E-state index in [0.29, 0.717) is 34.8 Å². The van der Waals surface area contributed by atoms with E-state index in [2.05, 4.69) is 26.6 Å². The normalized spacial score (nSPS) is 14.5.